The molecule has 1 fully saturated rings. The van der Waals surface area contributed by atoms with Gasteiger partial charge in [-0.2, -0.15) is 0 Å². The van der Waals surface area contributed by atoms with E-state index in [1.54, 1.807) is 0 Å². The molecule has 1 N–H and O–H groups in total. The molecule has 1 heterocycles. The van der Waals surface area contributed by atoms with Crippen LogP contribution in [0.1, 0.15) is 36.9 Å². The Balaban J connectivity index is 1.72. The van der Waals surface area contributed by atoms with E-state index >= 15 is 0 Å². The number of piperidine rings is 1. The number of likely N-dealkylation sites (tertiary alicyclic amines) is 1. The van der Waals surface area contributed by atoms with E-state index in [2.05, 4.69) is 41.3 Å². The molecule has 0 spiro atoms. The summed E-state index contributed by atoms with van der Waals surface area (Å²) >= 11 is 6.41. The lowest BCUT2D eigenvalue weighted by molar-refractivity contribution is -0.143. The van der Waals surface area contributed by atoms with E-state index in [1.807, 2.05) is 43.3 Å². The Labute approximate surface area is 194 Å². The molecule has 32 heavy (non-hydrogen) atoms. The monoisotopic (exact) mass is 449 g/mol. The molecule has 0 bridgehead atoms. The van der Waals surface area contributed by atoms with Crippen LogP contribution in [0.4, 0.5) is 0 Å². The molecule has 3 aromatic carbocycles. The average molecular weight is 450 g/mol. The van der Waals surface area contributed by atoms with Crippen molar-refractivity contribution in [1.29, 1.82) is 0 Å². The summed E-state index contributed by atoms with van der Waals surface area (Å²) in [4.78, 5) is 13.8. The lowest BCUT2D eigenvalue weighted by Crippen LogP contribution is -2.39. The molecule has 1 aliphatic heterocycles. The van der Waals surface area contributed by atoms with Gasteiger partial charge < -0.3 is 9.84 Å². The van der Waals surface area contributed by atoms with Gasteiger partial charge in [0, 0.05) is 10.6 Å². The largest absolute Gasteiger partial charge is 0.494 e. The van der Waals surface area contributed by atoms with Crippen molar-refractivity contribution in [2.45, 2.75) is 25.8 Å². The van der Waals surface area contributed by atoms with Crippen LogP contribution in [0.15, 0.2) is 72.8 Å². The molecule has 1 saturated heterocycles. The molecule has 4 rings (SSSR count). The molecular formula is C27H28ClNO3. The summed E-state index contributed by atoms with van der Waals surface area (Å²) < 4.78 is 5.96. The minimum Gasteiger partial charge on any atom is -0.494 e. The molecule has 0 aliphatic carbocycles. The number of rotatable bonds is 7. The van der Waals surface area contributed by atoms with Crippen LogP contribution in [0, 0.1) is 5.92 Å². The molecule has 1 unspecified atom stereocenters. The summed E-state index contributed by atoms with van der Waals surface area (Å²) in [7, 11) is 0. The van der Waals surface area contributed by atoms with Gasteiger partial charge in [-0.05, 0) is 67.7 Å². The highest BCUT2D eigenvalue weighted by atomic mass is 35.5. The second kappa shape index (κ2) is 10.2. The van der Waals surface area contributed by atoms with Gasteiger partial charge in [0.2, 0.25) is 0 Å². The van der Waals surface area contributed by atoms with Gasteiger partial charge >= 0.3 is 5.97 Å². The van der Waals surface area contributed by atoms with Gasteiger partial charge in [0.25, 0.3) is 0 Å². The molecule has 0 amide bonds. The number of hydrogen-bond acceptors (Lipinski definition) is 3. The van der Waals surface area contributed by atoms with Crippen molar-refractivity contribution in [3.8, 4) is 16.9 Å². The molecule has 3 aromatic rings. The van der Waals surface area contributed by atoms with Crippen LogP contribution in [0.3, 0.4) is 0 Å². The highest BCUT2D eigenvalue weighted by Gasteiger charge is 2.31. The van der Waals surface area contributed by atoms with Crippen LogP contribution in [0.25, 0.3) is 11.1 Å². The highest BCUT2D eigenvalue weighted by Crippen LogP contribution is 2.39. The lowest BCUT2D eigenvalue weighted by atomic mass is 9.90. The molecule has 1 atom stereocenters. The molecule has 1 aliphatic rings. The summed E-state index contributed by atoms with van der Waals surface area (Å²) in [6.45, 7) is 3.95. The lowest BCUT2D eigenvalue weighted by Gasteiger charge is -2.37. The van der Waals surface area contributed by atoms with Crippen LogP contribution in [-0.2, 0) is 4.79 Å². The van der Waals surface area contributed by atoms with Crippen LogP contribution < -0.4 is 4.74 Å². The van der Waals surface area contributed by atoms with E-state index in [9.17, 15) is 9.90 Å². The van der Waals surface area contributed by atoms with Crippen LogP contribution in [-0.4, -0.2) is 35.7 Å². The Morgan fingerprint density at radius 3 is 2.31 bits per heavy atom. The third-order valence-corrected chi connectivity index (χ3v) is 6.38. The maximum atomic E-state index is 11.5. The maximum Gasteiger partial charge on any atom is 0.306 e. The number of carbonyl (C=O) groups is 1. The number of aliphatic carboxylic acids is 1. The van der Waals surface area contributed by atoms with Crippen molar-refractivity contribution in [2.75, 3.05) is 19.7 Å². The second-order valence-corrected chi connectivity index (χ2v) is 8.59. The van der Waals surface area contributed by atoms with E-state index in [1.165, 1.54) is 5.56 Å². The van der Waals surface area contributed by atoms with Crippen LogP contribution in [0.2, 0.25) is 5.02 Å². The van der Waals surface area contributed by atoms with Gasteiger partial charge in [0.05, 0.1) is 18.6 Å². The van der Waals surface area contributed by atoms with Gasteiger partial charge in [-0.3, -0.25) is 9.69 Å². The van der Waals surface area contributed by atoms with Crippen molar-refractivity contribution in [2.24, 2.45) is 5.92 Å². The zero-order chi connectivity index (χ0) is 22.5. The fourth-order valence-corrected chi connectivity index (χ4v) is 4.68. The highest BCUT2D eigenvalue weighted by molar-refractivity contribution is 6.30. The summed E-state index contributed by atoms with van der Waals surface area (Å²) in [6.07, 6.45) is 1.27. The number of nitrogens with zero attached hydrogens (tertiary/aromatic N) is 1. The summed E-state index contributed by atoms with van der Waals surface area (Å²) in [5, 5.41) is 10.1. The standard InChI is InChI=1S/C27H28ClNO3/c1-2-32-25-13-12-23(28)18-24(25)26(29-16-14-22(15-17-29)27(30)31)21-10-8-20(9-11-21)19-6-4-3-5-7-19/h3-13,18,22,26H,2,14-17H2,1H3,(H,30,31). The summed E-state index contributed by atoms with van der Waals surface area (Å²) in [5.41, 5.74) is 4.49. The number of carboxylic acid groups (broad SMARTS) is 1. The van der Waals surface area contributed by atoms with Gasteiger partial charge in [0.15, 0.2) is 0 Å². The zero-order valence-corrected chi connectivity index (χ0v) is 19.0. The third-order valence-electron chi connectivity index (χ3n) is 6.14. The van der Waals surface area contributed by atoms with Crippen molar-refractivity contribution >= 4 is 17.6 Å². The van der Waals surface area contributed by atoms with E-state index in [-0.39, 0.29) is 12.0 Å². The van der Waals surface area contributed by atoms with E-state index < -0.39 is 5.97 Å². The van der Waals surface area contributed by atoms with Crippen LogP contribution >= 0.6 is 11.6 Å². The normalized spacial score (nSPS) is 15.9. The minimum atomic E-state index is -0.703. The second-order valence-electron chi connectivity index (χ2n) is 8.15. The first kappa shape index (κ1) is 22.4. The zero-order valence-electron chi connectivity index (χ0n) is 18.2. The predicted molar refractivity (Wildman–Crippen MR) is 128 cm³/mol. The van der Waals surface area contributed by atoms with Gasteiger partial charge in [-0.15, -0.1) is 0 Å². The molecule has 0 aromatic heterocycles. The van der Waals surface area contributed by atoms with Crippen molar-refractivity contribution in [3.05, 3.63) is 88.9 Å². The van der Waals surface area contributed by atoms with E-state index in [0.29, 0.717) is 37.6 Å². The maximum absolute atomic E-state index is 11.5. The Hall–Kier alpha value is -2.82. The number of benzene rings is 3. The number of hydrogen-bond donors (Lipinski definition) is 1. The quantitative estimate of drug-likeness (QED) is 0.460. The first-order chi connectivity index (χ1) is 15.6. The first-order valence-electron chi connectivity index (χ1n) is 11.1. The topological polar surface area (TPSA) is 49.8 Å². The number of halogens is 1. The molecule has 5 heteroatoms. The fourth-order valence-electron chi connectivity index (χ4n) is 4.50. The molecular weight excluding hydrogens is 422 g/mol. The summed E-state index contributed by atoms with van der Waals surface area (Å²) in [5.74, 6) is -0.168. The van der Waals surface area contributed by atoms with E-state index in [0.717, 1.165) is 22.4 Å². The fraction of sp³-hybridized carbons (Fsp3) is 0.296. The summed E-state index contributed by atoms with van der Waals surface area (Å²) in [6, 6.07) is 24.6. The van der Waals surface area contributed by atoms with Crippen molar-refractivity contribution in [1.82, 2.24) is 4.90 Å². The number of carboxylic acids is 1. The van der Waals surface area contributed by atoms with Gasteiger partial charge in [0.1, 0.15) is 5.75 Å². The SMILES string of the molecule is CCOc1ccc(Cl)cc1C(c1ccc(-c2ccccc2)cc1)N1CCC(C(=O)O)CC1. The average Bonchev–Trinajstić information content (AvgIpc) is 2.82. The number of ether oxygens (including phenoxy) is 1. The van der Waals surface area contributed by atoms with Crippen LogP contribution in [0.5, 0.6) is 5.75 Å². The predicted octanol–water partition coefficient (Wildman–Crippen LogP) is 6.29. The van der Waals surface area contributed by atoms with Crippen molar-refractivity contribution < 1.29 is 14.6 Å². The van der Waals surface area contributed by atoms with Crippen molar-refractivity contribution in [3.63, 3.8) is 0 Å². The first-order valence-corrected chi connectivity index (χ1v) is 11.5. The molecule has 166 valence electrons. The molecule has 0 radical (unpaired) electrons. The Kier molecular flexibility index (Phi) is 7.13. The smallest absolute Gasteiger partial charge is 0.306 e. The molecule has 0 saturated carbocycles. The van der Waals surface area contributed by atoms with E-state index in [4.69, 9.17) is 16.3 Å². The minimum absolute atomic E-state index is 0.0604. The van der Waals surface area contributed by atoms with Gasteiger partial charge in [-0.1, -0.05) is 66.2 Å². The third kappa shape index (κ3) is 4.98. The van der Waals surface area contributed by atoms with Gasteiger partial charge in [-0.25, -0.2) is 0 Å². The molecule has 4 nitrogen and oxygen atoms in total. The Morgan fingerprint density at radius 2 is 1.69 bits per heavy atom. The Bertz CT molecular complexity index is 1040. The Morgan fingerprint density at radius 1 is 1.03 bits per heavy atom.